The van der Waals surface area contributed by atoms with Crippen LogP contribution >= 0.6 is 7.37 Å². The van der Waals surface area contributed by atoms with E-state index >= 15 is 0 Å². The van der Waals surface area contributed by atoms with Gasteiger partial charge in [0.05, 0.1) is 0 Å². The van der Waals surface area contributed by atoms with Crippen molar-refractivity contribution in [2.24, 2.45) is 0 Å². The Morgan fingerprint density at radius 2 is 1.69 bits per heavy atom. The summed E-state index contributed by atoms with van der Waals surface area (Å²) in [6.07, 6.45) is 3.11. The second-order valence-corrected chi connectivity index (χ2v) is 5.50. The number of hydrogen-bond acceptors (Lipinski definition) is 4. The van der Waals surface area contributed by atoms with Crippen LogP contribution < -0.4 is 10.9 Å². The van der Waals surface area contributed by atoms with Crippen molar-refractivity contribution in [3.05, 3.63) is 48.8 Å². The van der Waals surface area contributed by atoms with Gasteiger partial charge in [0, 0.05) is 24.8 Å². The standard InChI is InChI=1S/C11H11N2O2P/c1-15-16(14,10-6-3-2-4-7-10)11-12-8-5-9-13-11/h2-9H,1H3/t16-/m1/s1. The molecule has 2 rings (SSSR count). The molecule has 2 aromatic rings. The number of nitrogens with zero attached hydrogens (tertiary/aromatic N) is 2. The van der Waals surface area contributed by atoms with Gasteiger partial charge < -0.3 is 4.52 Å². The average molecular weight is 234 g/mol. The fraction of sp³-hybridized carbons (Fsp3) is 0.0909. The predicted molar refractivity (Wildman–Crippen MR) is 62.4 cm³/mol. The van der Waals surface area contributed by atoms with Crippen LogP contribution in [0.3, 0.4) is 0 Å². The Labute approximate surface area is 93.8 Å². The van der Waals surface area contributed by atoms with Crippen molar-refractivity contribution >= 4 is 18.2 Å². The summed E-state index contributed by atoms with van der Waals surface area (Å²) in [5.74, 6) is 0. The van der Waals surface area contributed by atoms with Crippen molar-refractivity contribution in [2.75, 3.05) is 7.11 Å². The van der Waals surface area contributed by atoms with Crippen molar-refractivity contribution in [3.63, 3.8) is 0 Å². The highest BCUT2D eigenvalue weighted by molar-refractivity contribution is 7.73. The van der Waals surface area contributed by atoms with E-state index in [0.717, 1.165) is 0 Å². The summed E-state index contributed by atoms with van der Waals surface area (Å²) < 4.78 is 17.8. The summed E-state index contributed by atoms with van der Waals surface area (Å²) in [5.41, 5.74) is 0.226. The molecule has 16 heavy (non-hydrogen) atoms. The van der Waals surface area contributed by atoms with E-state index in [9.17, 15) is 4.57 Å². The van der Waals surface area contributed by atoms with Gasteiger partial charge in [-0.15, -0.1) is 0 Å². The summed E-state index contributed by atoms with van der Waals surface area (Å²) in [4.78, 5) is 8.00. The minimum atomic E-state index is -3.13. The molecule has 0 aliphatic rings. The van der Waals surface area contributed by atoms with Crippen molar-refractivity contribution < 1.29 is 9.09 Å². The van der Waals surface area contributed by atoms with Gasteiger partial charge in [-0.2, -0.15) is 0 Å². The van der Waals surface area contributed by atoms with Crippen LogP contribution in [0.2, 0.25) is 0 Å². The highest BCUT2D eigenvalue weighted by atomic mass is 31.2. The molecule has 0 aliphatic heterocycles. The van der Waals surface area contributed by atoms with E-state index in [4.69, 9.17) is 4.52 Å². The quantitative estimate of drug-likeness (QED) is 0.752. The lowest BCUT2D eigenvalue weighted by molar-refractivity contribution is 0.410. The van der Waals surface area contributed by atoms with E-state index in [0.29, 0.717) is 5.30 Å². The molecule has 5 heteroatoms. The van der Waals surface area contributed by atoms with E-state index < -0.39 is 7.37 Å². The zero-order chi connectivity index (χ0) is 11.4. The van der Waals surface area contributed by atoms with Crippen LogP contribution in [0.4, 0.5) is 0 Å². The van der Waals surface area contributed by atoms with Crippen molar-refractivity contribution in [1.82, 2.24) is 9.97 Å². The maximum Gasteiger partial charge on any atom is 0.297 e. The van der Waals surface area contributed by atoms with Crippen molar-refractivity contribution in [3.8, 4) is 0 Å². The van der Waals surface area contributed by atoms with Crippen molar-refractivity contribution in [2.45, 2.75) is 0 Å². The van der Waals surface area contributed by atoms with Crippen LogP contribution in [-0.2, 0) is 9.09 Å². The van der Waals surface area contributed by atoms with Crippen LogP contribution in [0, 0.1) is 0 Å². The van der Waals surface area contributed by atoms with E-state index in [2.05, 4.69) is 9.97 Å². The third kappa shape index (κ3) is 1.90. The number of benzene rings is 1. The van der Waals surface area contributed by atoms with E-state index in [1.807, 2.05) is 18.2 Å². The molecule has 4 nitrogen and oxygen atoms in total. The van der Waals surface area contributed by atoms with Gasteiger partial charge in [-0.1, -0.05) is 18.2 Å². The van der Waals surface area contributed by atoms with Gasteiger partial charge in [-0.05, 0) is 18.2 Å². The lowest BCUT2D eigenvalue weighted by Crippen LogP contribution is -2.22. The molecule has 0 spiro atoms. The molecule has 1 atom stereocenters. The van der Waals surface area contributed by atoms with Gasteiger partial charge >= 0.3 is 0 Å². The summed E-state index contributed by atoms with van der Waals surface area (Å²) in [6, 6.07) is 10.7. The normalized spacial score (nSPS) is 14.3. The Morgan fingerprint density at radius 1 is 1.06 bits per heavy atom. The Bertz CT molecular complexity index is 458. The molecule has 0 saturated heterocycles. The molecule has 82 valence electrons. The highest BCUT2D eigenvalue weighted by Gasteiger charge is 2.29. The maximum atomic E-state index is 12.6. The molecule has 0 saturated carbocycles. The minimum Gasteiger partial charge on any atom is -0.323 e. The zero-order valence-corrected chi connectivity index (χ0v) is 9.67. The summed E-state index contributed by atoms with van der Waals surface area (Å²) in [7, 11) is -1.72. The summed E-state index contributed by atoms with van der Waals surface area (Å²) in [6.45, 7) is 0. The monoisotopic (exact) mass is 234 g/mol. The molecule has 0 fully saturated rings. The molecule has 0 radical (unpaired) electrons. The van der Waals surface area contributed by atoms with Crippen LogP contribution in [-0.4, -0.2) is 17.1 Å². The SMILES string of the molecule is CO[P@](=O)(c1ccccc1)c1ncccn1. The largest absolute Gasteiger partial charge is 0.323 e. The van der Waals surface area contributed by atoms with Gasteiger partial charge in [0.15, 0.2) is 0 Å². The van der Waals surface area contributed by atoms with Crippen LogP contribution in [0.15, 0.2) is 48.8 Å². The number of rotatable bonds is 3. The lowest BCUT2D eigenvalue weighted by atomic mass is 10.4. The topological polar surface area (TPSA) is 52.1 Å². The Kier molecular flexibility index (Phi) is 3.13. The third-order valence-electron chi connectivity index (χ3n) is 2.17. The van der Waals surface area contributed by atoms with Crippen LogP contribution in [0.5, 0.6) is 0 Å². The van der Waals surface area contributed by atoms with Gasteiger partial charge in [0.2, 0.25) is 5.57 Å². The van der Waals surface area contributed by atoms with E-state index in [1.54, 1.807) is 30.6 Å². The Hall–Kier alpha value is -1.51. The first-order chi connectivity index (χ1) is 7.77. The molecule has 0 bridgehead atoms. The molecule has 0 N–H and O–H groups in total. The predicted octanol–water partition coefficient (Wildman–Crippen LogP) is 1.35. The molecule has 1 heterocycles. The maximum absolute atomic E-state index is 12.6. The van der Waals surface area contributed by atoms with E-state index in [-0.39, 0.29) is 5.57 Å². The first-order valence-electron chi connectivity index (χ1n) is 4.76. The Balaban J connectivity index is 2.54. The van der Waals surface area contributed by atoms with Gasteiger partial charge in [0.1, 0.15) is 0 Å². The molecule has 0 aliphatic carbocycles. The summed E-state index contributed by atoms with van der Waals surface area (Å²) in [5, 5.41) is 0.601. The van der Waals surface area contributed by atoms with E-state index in [1.165, 1.54) is 7.11 Å². The number of aromatic nitrogens is 2. The molecule has 0 unspecified atom stereocenters. The van der Waals surface area contributed by atoms with Crippen LogP contribution in [0.25, 0.3) is 0 Å². The molecule has 1 aromatic heterocycles. The third-order valence-corrected chi connectivity index (χ3v) is 4.42. The minimum absolute atomic E-state index is 0.226. The molecular weight excluding hydrogens is 223 g/mol. The summed E-state index contributed by atoms with van der Waals surface area (Å²) >= 11 is 0. The van der Waals surface area contributed by atoms with Crippen LogP contribution in [0.1, 0.15) is 0 Å². The van der Waals surface area contributed by atoms with Crippen molar-refractivity contribution in [1.29, 1.82) is 0 Å². The van der Waals surface area contributed by atoms with Gasteiger partial charge in [-0.25, -0.2) is 9.97 Å². The average Bonchev–Trinajstić information content (AvgIpc) is 2.40. The first-order valence-corrected chi connectivity index (χ1v) is 6.39. The number of hydrogen-bond donors (Lipinski definition) is 0. The Morgan fingerprint density at radius 3 is 2.25 bits per heavy atom. The lowest BCUT2D eigenvalue weighted by Gasteiger charge is -2.14. The smallest absolute Gasteiger partial charge is 0.297 e. The van der Waals surface area contributed by atoms with Gasteiger partial charge in [-0.3, -0.25) is 4.57 Å². The highest BCUT2D eigenvalue weighted by Crippen LogP contribution is 2.41. The molecular formula is C11H11N2O2P. The molecule has 1 aromatic carbocycles. The zero-order valence-electron chi connectivity index (χ0n) is 8.78. The second-order valence-electron chi connectivity index (χ2n) is 3.12. The first kappa shape index (κ1) is 11.0. The second kappa shape index (κ2) is 4.56. The fourth-order valence-corrected chi connectivity index (χ4v) is 2.98. The molecule has 0 amide bonds. The fourth-order valence-electron chi connectivity index (χ4n) is 1.37. The van der Waals surface area contributed by atoms with Gasteiger partial charge in [0.25, 0.3) is 7.37 Å².